The zero-order valence-corrected chi connectivity index (χ0v) is 15.8. The van der Waals surface area contributed by atoms with Gasteiger partial charge in [0, 0.05) is 35.0 Å². The van der Waals surface area contributed by atoms with Crippen LogP contribution in [0.25, 0.3) is 32.7 Å². The molecule has 0 aliphatic heterocycles. The highest BCUT2D eigenvalue weighted by molar-refractivity contribution is 7.94. The van der Waals surface area contributed by atoms with Crippen molar-refractivity contribution in [3.63, 3.8) is 0 Å². The zero-order valence-electron chi connectivity index (χ0n) is 14.2. The fraction of sp³-hybridized carbons (Fsp3) is 0.222. The SMILES string of the molecule is Nc1c([S+](O)C2CCC2)sc2nc(-c3cncnc3)cc(-c3ccon3)c12. The minimum absolute atomic E-state index is 0.304. The Bertz CT molecular complexity index is 1090. The van der Waals surface area contributed by atoms with Gasteiger partial charge < -0.3 is 10.3 Å². The lowest BCUT2D eigenvalue weighted by molar-refractivity contribution is 0.422. The number of nitrogens with zero attached hydrogens (tertiary/aromatic N) is 4. The van der Waals surface area contributed by atoms with Gasteiger partial charge in [0.25, 0.3) is 4.21 Å². The predicted molar refractivity (Wildman–Crippen MR) is 106 cm³/mol. The molecule has 0 radical (unpaired) electrons. The van der Waals surface area contributed by atoms with Gasteiger partial charge in [0.05, 0.1) is 5.69 Å². The van der Waals surface area contributed by atoms with Gasteiger partial charge in [-0.25, -0.2) is 15.0 Å². The first-order chi connectivity index (χ1) is 13.2. The van der Waals surface area contributed by atoms with Crippen LogP contribution in [0.1, 0.15) is 19.3 Å². The van der Waals surface area contributed by atoms with Crippen LogP contribution in [0.3, 0.4) is 0 Å². The van der Waals surface area contributed by atoms with Crippen molar-refractivity contribution in [2.75, 3.05) is 5.73 Å². The van der Waals surface area contributed by atoms with E-state index in [1.54, 1.807) is 18.5 Å². The van der Waals surface area contributed by atoms with Gasteiger partial charge in [0.15, 0.2) is 16.4 Å². The molecule has 4 heterocycles. The Kier molecular flexibility index (Phi) is 4.07. The van der Waals surface area contributed by atoms with Crippen molar-refractivity contribution in [2.45, 2.75) is 28.7 Å². The third kappa shape index (κ3) is 2.78. The molecule has 0 saturated heterocycles. The lowest BCUT2D eigenvalue weighted by Crippen LogP contribution is -2.28. The molecule has 0 aromatic carbocycles. The summed E-state index contributed by atoms with van der Waals surface area (Å²) in [6.07, 6.45) is 9.71. The Morgan fingerprint density at radius 3 is 2.70 bits per heavy atom. The quantitative estimate of drug-likeness (QED) is 0.500. The zero-order chi connectivity index (χ0) is 18.4. The molecule has 1 aliphatic carbocycles. The normalized spacial score (nSPS) is 15.7. The summed E-state index contributed by atoms with van der Waals surface area (Å²) < 4.78 is 16.7. The van der Waals surface area contributed by atoms with Crippen LogP contribution in [-0.2, 0) is 11.2 Å². The first kappa shape index (κ1) is 16.7. The monoisotopic (exact) mass is 398 g/mol. The number of nitrogen functional groups attached to an aromatic ring is 1. The summed E-state index contributed by atoms with van der Waals surface area (Å²) in [5.74, 6) is 0. The molecule has 136 valence electrons. The lowest BCUT2D eigenvalue weighted by atomic mass is 10.0. The van der Waals surface area contributed by atoms with E-state index in [9.17, 15) is 4.55 Å². The lowest BCUT2D eigenvalue weighted by Gasteiger charge is -2.19. The fourth-order valence-electron chi connectivity index (χ4n) is 3.13. The molecule has 1 atom stereocenters. The smallest absolute Gasteiger partial charge is 0.269 e. The Balaban J connectivity index is 1.74. The molecule has 1 fully saturated rings. The van der Waals surface area contributed by atoms with Gasteiger partial charge in [0.2, 0.25) is 0 Å². The number of fused-ring (bicyclic) bond motifs is 1. The Labute approximate surface area is 161 Å². The number of nitrogens with two attached hydrogens (primary N) is 1. The molecule has 1 saturated carbocycles. The van der Waals surface area contributed by atoms with Crippen LogP contribution in [0.5, 0.6) is 0 Å². The van der Waals surface area contributed by atoms with Crippen LogP contribution in [-0.4, -0.2) is 29.9 Å². The first-order valence-electron chi connectivity index (χ1n) is 8.53. The van der Waals surface area contributed by atoms with E-state index in [-0.39, 0.29) is 0 Å². The predicted octanol–water partition coefficient (Wildman–Crippen LogP) is 3.99. The third-order valence-electron chi connectivity index (χ3n) is 4.79. The molecule has 27 heavy (non-hydrogen) atoms. The van der Waals surface area contributed by atoms with E-state index in [1.165, 1.54) is 30.3 Å². The molecule has 0 spiro atoms. The van der Waals surface area contributed by atoms with Gasteiger partial charge in [-0.05, 0) is 25.3 Å². The Morgan fingerprint density at radius 2 is 2.04 bits per heavy atom. The van der Waals surface area contributed by atoms with Crippen LogP contribution in [0, 0.1) is 0 Å². The van der Waals surface area contributed by atoms with Crippen molar-refractivity contribution >= 4 is 38.4 Å². The summed E-state index contributed by atoms with van der Waals surface area (Å²) in [5, 5.41) is 5.20. The topological polar surface area (TPSA) is 111 Å². The van der Waals surface area contributed by atoms with E-state index in [0.717, 1.165) is 44.1 Å². The highest BCUT2D eigenvalue weighted by Gasteiger charge is 2.41. The van der Waals surface area contributed by atoms with Gasteiger partial charge in [-0.1, -0.05) is 16.5 Å². The number of thiophene rings is 1. The summed E-state index contributed by atoms with van der Waals surface area (Å²) in [7, 11) is 0. The van der Waals surface area contributed by atoms with Gasteiger partial charge in [0.1, 0.15) is 28.8 Å². The second-order valence-electron chi connectivity index (χ2n) is 6.42. The molecule has 3 N–H and O–H groups in total. The highest BCUT2D eigenvalue weighted by atomic mass is 32.2. The molecular weight excluding hydrogens is 382 g/mol. The molecule has 7 nitrogen and oxygen atoms in total. The van der Waals surface area contributed by atoms with E-state index >= 15 is 0 Å². The average molecular weight is 398 g/mol. The maximum Gasteiger partial charge on any atom is 0.269 e. The third-order valence-corrected chi connectivity index (χ3v) is 8.15. The van der Waals surface area contributed by atoms with Crippen LogP contribution < -0.4 is 5.73 Å². The second kappa shape index (κ2) is 6.59. The molecule has 4 aromatic heterocycles. The summed E-state index contributed by atoms with van der Waals surface area (Å²) >= 11 is 0.600. The van der Waals surface area contributed by atoms with Crippen molar-refractivity contribution in [2.24, 2.45) is 0 Å². The average Bonchev–Trinajstić information content (AvgIpc) is 3.29. The van der Waals surface area contributed by atoms with E-state index in [4.69, 9.17) is 15.2 Å². The number of aromatic nitrogens is 4. The first-order valence-corrected chi connectivity index (χ1v) is 10.6. The van der Waals surface area contributed by atoms with Crippen molar-refractivity contribution < 1.29 is 9.08 Å². The van der Waals surface area contributed by atoms with Gasteiger partial charge >= 0.3 is 0 Å². The summed E-state index contributed by atoms with van der Waals surface area (Å²) in [5.41, 5.74) is 10.1. The molecule has 9 heteroatoms. The minimum atomic E-state index is -0.857. The summed E-state index contributed by atoms with van der Waals surface area (Å²) in [4.78, 5) is 13.7. The molecule has 1 unspecified atom stereocenters. The molecule has 0 bridgehead atoms. The van der Waals surface area contributed by atoms with Crippen molar-refractivity contribution in [1.82, 2.24) is 20.1 Å². The maximum absolute atomic E-state index is 10.8. The van der Waals surface area contributed by atoms with Gasteiger partial charge in [-0.3, -0.25) is 0 Å². The van der Waals surface area contributed by atoms with Crippen LogP contribution in [0.2, 0.25) is 0 Å². The standard InChI is InChI=1S/C18H16N5O2S2/c19-16-15-12(13-4-5-25-23-13)6-14(10-7-20-9-21-8-10)22-17(15)26-18(16)27(24)11-2-1-3-11/h4-9,11,24H,1-3,19H2/q+1. The number of hydrogen-bond acceptors (Lipinski definition) is 8. The molecule has 1 aliphatic rings. The van der Waals surface area contributed by atoms with Crippen LogP contribution in [0.4, 0.5) is 5.69 Å². The minimum Gasteiger partial charge on any atom is -0.393 e. The second-order valence-corrected chi connectivity index (χ2v) is 9.38. The van der Waals surface area contributed by atoms with E-state index in [2.05, 4.69) is 15.1 Å². The largest absolute Gasteiger partial charge is 0.393 e. The van der Waals surface area contributed by atoms with Crippen LogP contribution >= 0.6 is 11.3 Å². The number of hydrogen-bond donors (Lipinski definition) is 2. The van der Waals surface area contributed by atoms with E-state index in [0.29, 0.717) is 16.6 Å². The van der Waals surface area contributed by atoms with E-state index < -0.39 is 11.2 Å². The number of anilines is 1. The number of rotatable bonds is 4. The van der Waals surface area contributed by atoms with Crippen LogP contribution in [0.15, 0.2) is 45.8 Å². The number of pyridine rings is 1. The molecule has 4 aromatic rings. The van der Waals surface area contributed by atoms with Gasteiger partial charge in [-0.15, -0.1) is 0 Å². The Hall–Kier alpha value is -2.49. The van der Waals surface area contributed by atoms with E-state index in [1.807, 2.05) is 6.07 Å². The van der Waals surface area contributed by atoms with Crippen molar-refractivity contribution in [3.05, 3.63) is 37.1 Å². The van der Waals surface area contributed by atoms with Crippen molar-refractivity contribution in [1.29, 1.82) is 0 Å². The fourth-order valence-corrected chi connectivity index (χ4v) is 6.38. The highest BCUT2D eigenvalue weighted by Crippen LogP contribution is 2.45. The van der Waals surface area contributed by atoms with Crippen molar-refractivity contribution in [3.8, 4) is 22.5 Å². The summed E-state index contributed by atoms with van der Waals surface area (Å²) in [6, 6.07) is 3.71. The maximum atomic E-state index is 10.8. The molecular formula is C18H16N5O2S2+. The van der Waals surface area contributed by atoms with Gasteiger partial charge in [-0.2, -0.15) is 4.55 Å². The Morgan fingerprint density at radius 1 is 1.22 bits per heavy atom. The molecule has 0 amide bonds. The summed E-state index contributed by atoms with van der Waals surface area (Å²) in [6.45, 7) is 0. The molecule has 5 rings (SSSR count).